The fourth-order valence-corrected chi connectivity index (χ4v) is 4.60. The van der Waals surface area contributed by atoms with Gasteiger partial charge in [-0.3, -0.25) is 28.8 Å². The average Bonchev–Trinajstić information content (AvgIpc) is 3.01. The number of aliphatic carboxylic acids is 1. The minimum absolute atomic E-state index is 0.0518. The van der Waals surface area contributed by atoms with Crippen LogP contribution in [-0.2, 0) is 38.2 Å². The number of hydrogen-bond acceptors (Lipinski definition) is 13. The Morgan fingerprint density at radius 1 is 0.608 bits per heavy atom. The van der Waals surface area contributed by atoms with E-state index in [-0.39, 0.29) is 60.3 Å². The fourth-order valence-electron chi connectivity index (χ4n) is 4.60. The maximum Gasteiger partial charge on any atom is 0.344 e. The standard InChI is InChI=1S/C33H38O12.C4H8O2/c1-6-9-28(34)40-19(4)14-31(37)42-21-12-13-22-23-17-26(44-32(38)15-20(5)41-29(35)10-7-2)27(43-30(36)11-8-3)18-24(23)33(39)45-25(22)16-21;1-2-3-4(5)6/h12-13,16-20H,6-11,14-15H2,1-5H3;2-3H2,1H3,(H,5,6)/t19-,20-;/m1./s1. The molecule has 278 valence electrons. The highest BCUT2D eigenvalue weighted by atomic mass is 16.6. The molecule has 0 amide bonds. The van der Waals surface area contributed by atoms with Crippen molar-refractivity contribution in [1.29, 1.82) is 0 Å². The number of hydrogen-bond donors (Lipinski definition) is 1. The van der Waals surface area contributed by atoms with Gasteiger partial charge in [-0.15, -0.1) is 0 Å². The summed E-state index contributed by atoms with van der Waals surface area (Å²) >= 11 is 0. The van der Waals surface area contributed by atoms with Gasteiger partial charge in [-0.2, -0.15) is 0 Å². The molecule has 0 aliphatic rings. The van der Waals surface area contributed by atoms with E-state index in [2.05, 4.69) is 0 Å². The molecule has 0 fully saturated rings. The Hall–Kier alpha value is -5.27. The van der Waals surface area contributed by atoms with Crippen molar-refractivity contribution in [3.63, 3.8) is 0 Å². The predicted molar refractivity (Wildman–Crippen MR) is 185 cm³/mol. The molecule has 0 saturated carbocycles. The maximum atomic E-state index is 13.0. The molecule has 0 saturated heterocycles. The summed E-state index contributed by atoms with van der Waals surface area (Å²) in [5, 5.41) is 8.69. The number of ether oxygens (including phenoxy) is 5. The molecule has 0 bridgehead atoms. The van der Waals surface area contributed by atoms with Crippen molar-refractivity contribution in [2.75, 3.05) is 0 Å². The van der Waals surface area contributed by atoms with Crippen molar-refractivity contribution in [1.82, 2.24) is 0 Å². The van der Waals surface area contributed by atoms with Crippen LogP contribution in [0.1, 0.15) is 106 Å². The van der Waals surface area contributed by atoms with Gasteiger partial charge in [-0.05, 0) is 63.8 Å². The molecule has 14 nitrogen and oxygen atoms in total. The first kappa shape index (κ1) is 41.9. The lowest BCUT2D eigenvalue weighted by molar-refractivity contribution is -0.153. The first-order valence-electron chi connectivity index (χ1n) is 17.0. The summed E-state index contributed by atoms with van der Waals surface area (Å²) in [6, 6.07) is 7.04. The normalized spacial score (nSPS) is 11.8. The maximum absolute atomic E-state index is 13.0. The van der Waals surface area contributed by atoms with Crippen molar-refractivity contribution < 1.29 is 62.0 Å². The zero-order chi connectivity index (χ0) is 38.1. The van der Waals surface area contributed by atoms with Crippen LogP contribution in [0.4, 0.5) is 0 Å². The van der Waals surface area contributed by atoms with E-state index in [4.69, 9.17) is 33.2 Å². The molecule has 3 rings (SSSR count). The van der Waals surface area contributed by atoms with Crippen molar-refractivity contribution in [2.24, 2.45) is 0 Å². The summed E-state index contributed by atoms with van der Waals surface area (Å²) in [6.45, 7) is 10.4. The van der Waals surface area contributed by atoms with Crippen LogP contribution in [0.25, 0.3) is 21.7 Å². The molecule has 14 heteroatoms. The first-order chi connectivity index (χ1) is 24.2. The molecule has 0 unspecified atom stereocenters. The molecule has 0 aliphatic carbocycles. The first-order valence-corrected chi connectivity index (χ1v) is 17.0. The molecule has 2 atom stereocenters. The fraction of sp³-hybridized carbons (Fsp3) is 0.486. The molecule has 0 radical (unpaired) electrons. The van der Waals surface area contributed by atoms with Gasteiger partial charge in [0.25, 0.3) is 0 Å². The molecule has 0 aliphatic heterocycles. The summed E-state index contributed by atoms with van der Waals surface area (Å²) in [7, 11) is 0. The van der Waals surface area contributed by atoms with E-state index in [0.717, 1.165) is 6.42 Å². The molecule has 1 N–H and O–H groups in total. The second-order valence-corrected chi connectivity index (χ2v) is 11.7. The van der Waals surface area contributed by atoms with Gasteiger partial charge in [0.2, 0.25) is 0 Å². The molecular formula is C37H46O14. The number of carboxylic acid groups (broad SMARTS) is 1. The summed E-state index contributed by atoms with van der Waals surface area (Å²) in [5.41, 5.74) is -0.704. The van der Waals surface area contributed by atoms with E-state index in [1.807, 2.05) is 20.8 Å². The van der Waals surface area contributed by atoms with Crippen LogP contribution < -0.4 is 19.8 Å². The Bertz CT molecular complexity index is 1760. The van der Waals surface area contributed by atoms with Crippen LogP contribution in [0, 0.1) is 0 Å². The van der Waals surface area contributed by atoms with Crippen LogP contribution in [-0.4, -0.2) is 53.1 Å². The van der Waals surface area contributed by atoms with E-state index < -0.39 is 53.6 Å². The highest BCUT2D eigenvalue weighted by Crippen LogP contribution is 2.36. The second kappa shape index (κ2) is 21.1. The third kappa shape index (κ3) is 14.2. The monoisotopic (exact) mass is 714 g/mol. The van der Waals surface area contributed by atoms with Gasteiger partial charge in [0.15, 0.2) is 11.5 Å². The molecule has 0 spiro atoms. The van der Waals surface area contributed by atoms with Crippen LogP contribution in [0.2, 0.25) is 0 Å². The summed E-state index contributed by atoms with van der Waals surface area (Å²) in [5.74, 6) is -3.76. The lowest BCUT2D eigenvalue weighted by Crippen LogP contribution is -2.21. The molecule has 1 heterocycles. The minimum atomic E-state index is -0.778. The molecule has 2 aromatic carbocycles. The number of benzene rings is 2. The van der Waals surface area contributed by atoms with Crippen molar-refractivity contribution in [2.45, 2.75) is 118 Å². The predicted octanol–water partition coefficient (Wildman–Crippen LogP) is 6.58. The number of fused-ring (bicyclic) bond motifs is 3. The topological polar surface area (TPSA) is 199 Å². The molecular weight excluding hydrogens is 668 g/mol. The minimum Gasteiger partial charge on any atom is -0.481 e. The third-order valence-corrected chi connectivity index (χ3v) is 6.83. The highest BCUT2D eigenvalue weighted by molar-refractivity contribution is 6.06. The van der Waals surface area contributed by atoms with Gasteiger partial charge in [0.05, 0.1) is 18.2 Å². The number of carbonyl (C=O) groups excluding carboxylic acids is 5. The van der Waals surface area contributed by atoms with Gasteiger partial charge in [-0.1, -0.05) is 27.7 Å². The van der Waals surface area contributed by atoms with Gasteiger partial charge < -0.3 is 33.2 Å². The third-order valence-electron chi connectivity index (χ3n) is 6.83. The Kier molecular flexibility index (Phi) is 17.3. The van der Waals surface area contributed by atoms with Crippen LogP contribution in [0.3, 0.4) is 0 Å². The van der Waals surface area contributed by atoms with Crippen molar-refractivity contribution in [3.05, 3.63) is 40.8 Å². The van der Waals surface area contributed by atoms with Gasteiger partial charge in [0, 0.05) is 42.5 Å². The van der Waals surface area contributed by atoms with Crippen molar-refractivity contribution >= 4 is 57.6 Å². The van der Waals surface area contributed by atoms with E-state index in [0.29, 0.717) is 36.5 Å². The Morgan fingerprint density at radius 2 is 1.08 bits per heavy atom. The van der Waals surface area contributed by atoms with Crippen LogP contribution >= 0.6 is 0 Å². The Labute approximate surface area is 295 Å². The number of carboxylic acids is 1. The smallest absolute Gasteiger partial charge is 0.344 e. The summed E-state index contributed by atoms with van der Waals surface area (Å²) in [4.78, 5) is 83.7. The summed E-state index contributed by atoms with van der Waals surface area (Å²) < 4.78 is 32.2. The summed E-state index contributed by atoms with van der Waals surface area (Å²) in [6.07, 6.45) is 1.40. The Balaban J connectivity index is 0.00000138. The van der Waals surface area contributed by atoms with E-state index in [9.17, 15) is 33.6 Å². The highest BCUT2D eigenvalue weighted by Gasteiger charge is 2.22. The van der Waals surface area contributed by atoms with E-state index in [1.54, 1.807) is 26.8 Å². The van der Waals surface area contributed by atoms with Gasteiger partial charge in [-0.25, -0.2) is 4.79 Å². The molecule has 51 heavy (non-hydrogen) atoms. The van der Waals surface area contributed by atoms with Crippen LogP contribution in [0.15, 0.2) is 39.5 Å². The average molecular weight is 715 g/mol. The number of rotatable bonds is 17. The number of esters is 5. The van der Waals surface area contributed by atoms with Gasteiger partial charge >= 0.3 is 41.4 Å². The molecule has 3 aromatic rings. The second-order valence-electron chi connectivity index (χ2n) is 11.7. The van der Waals surface area contributed by atoms with Crippen LogP contribution in [0.5, 0.6) is 17.2 Å². The van der Waals surface area contributed by atoms with Crippen molar-refractivity contribution in [3.8, 4) is 17.2 Å². The zero-order valence-electron chi connectivity index (χ0n) is 29.9. The quantitative estimate of drug-likeness (QED) is 0.0680. The Morgan fingerprint density at radius 3 is 1.57 bits per heavy atom. The lowest BCUT2D eigenvalue weighted by atomic mass is 10.1. The van der Waals surface area contributed by atoms with Gasteiger partial charge in [0.1, 0.15) is 23.5 Å². The number of carbonyl (C=O) groups is 6. The molecule has 1 aromatic heterocycles. The SMILES string of the molecule is CCCC(=O)O.CCCC(=O)Oc1cc2c(=O)oc3cc(OC(=O)C[C@@H](C)OC(=O)CCC)ccc3c2cc1OC(=O)C[C@@H](C)OC(=O)CCC. The van der Waals surface area contributed by atoms with E-state index >= 15 is 0 Å². The largest absolute Gasteiger partial charge is 0.481 e. The van der Waals surface area contributed by atoms with E-state index in [1.165, 1.54) is 24.3 Å². The zero-order valence-corrected chi connectivity index (χ0v) is 29.9. The lowest BCUT2D eigenvalue weighted by Gasteiger charge is -2.15.